The van der Waals surface area contributed by atoms with E-state index in [1.807, 2.05) is 13.8 Å². The molecule has 24 heavy (non-hydrogen) atoms. The van der Waals surface area contributed by atoms with E-state index in [0.717, 1.165) is 19.4 Å². The standard InChI is InChI=1S/C18H26FNO4/c1-12(2)20(14-7-8-17(22-4)16(19)10-14)18(21)13(3)24-11-15-6-5-9-23-15/h7-8,10,12-13,15H,5-6,9,11H2,1-4H3. The van der Waals surface area contributed by atoms with Crippen molar-refractivity contribution in [3.8, 4) is 5.75 Å². The van der Waals surface area contributed by atoms with E-state index in [9.17, 15) is 9.18 Å². The van der Waals surface area contributed by atoms with Gasteiger partial charge in [0, 0.05) is 24.4 Å². The molecule has 0 aromatic heterocycles. The average molecular weight is 339 g/mol. The first-order valence-electron chi connectivity index (χ1n) is 8.33. The van der Waals surface area contributed by atoms with Crippen LogP contribution in [0.25, 0.3) is 0 Å². The van der Waals surface area contributed by atoms with Gasteiger partial charge in [-0.2, -0.15) is 0 Å². The van der Waals surface area contributed by atoms with Crippen LogP contribution < -0.4 is 9.64 Å². The van der Waals surface area contributed by atoms with Crippen LogP contribution in [0.2, 0.25) is 0 Å². The number of rotatable bonds is 7. The van der Waals surface area contributed by atoms with Gasteiger partial charge in [-0.25, -0.2) is 4.39 Å². The zero-order valence-corrected chi connectivity index (χ0v) is 14.8. The SMILES string of the molecule is COc1ccc(N(C(=O)C(C)OCC2CCCO2)C(C)C)cc1F. The highest BCUT2D eigenvalue weighted by Gasteiger charge is 2.27. The Kier molecular flexibility index (Phi) is 6.57. The fourth-order valence-electron chi connectivity index (χ4n) is 2.78. The van der Waals surface area contributed by atoms with Gasteiger partial charge in [0.15, 0.2) is 11.6 Å². The molecule has 1 amide bonds. The summed E-state index contributed by atoms with van der Waals surface area (Å²) in [6, 6.07) is 4.38. The highest BCUT2D eigenvalue weighted by atomic mass is 19.1. The minimum absolute atomic E-state index is 0.0613. The van der Waals surface area contributed by atoms with Crippen LogP contribution in [-0.4, -0.2) is 44.5 Å². The van der Waals surface area contributed by atoms with Crippen molar-refractivity contribution in [2.45, 2.75) is 51.9 Å². The zero-order valence-electron chi connectivity index (χ0n) is 14.8. The third kappa shape index (κ3) is 4.45. The van der Waals surface area contributed by atoms with Crippen molar-refractivity contribution >= 4 is 11.6 Å². The Balaban J connectivity index is 2.07. The maximum absolute atomic E-state index is 14.0. The smallest absolute Gasteiger partial charge is 0.256 e. The summed E-state index contributed by atoms with van der Waals surface area (Å²) < 4.78 is 30.1. The zero-order chi connectivity index (χ0) is 17.7. The highest BCUT2D eigenvalue weighted by molar-refractivity contribution is 5.96. The fourth-order valence-corrected chi connectivity index (χ4v) is 2.78. The number of carbonyl (C=O) groups excluding carboxylic acids is 1. The monoisotopic (exact) mass is 339 g/mol. The van der Waals surface area contributed by atoms with Crippen LogP contribution in [0.1, 0.15) is 33.6 Å². The van der Waals surface area contributed by atoms with E-state index in [1.165, 1.54) is 19.2 Å². The van der Waals surface area contributed by atoms with Crippen molar-refractivity contribution in [2.75, 3.05) is 25.2 Å². The normalized spacial score (nSPS) is 18.7. The molecule has 2 rings (SSSR count). The van der Waals surface area contributed by atoms with Gasteiger partial charge in [0.1, 0.15) is 6.10 Å². The summed E-state index contributed by atoms with van der Waals surface area (Å²) in [7, 11) is 1.41. The van der Waals surface area contributed by atoms with Crippen LogP contribution in [-0.2, 0) is 14.3 Å². The summed E-state index contributed by atoms with van der Waals surface area (Å²) in [4.78, 5) is 14.3. The van der Waals surface area contributed by atoms with Gasteiger partial charge in [-0.3, -0.25) is 4.79 Å². The van der Waals surface area contributed by atoms with Crippen LogP contribution in [0.4, 0.5) is 10.1 Å². The van der Waals surface area contributed by atoms with Gasteiger partial charge in [0.25, 0.3) is 5.91 Å². The molecule has 0 radical (unpaired) electrons. The number of amides is 1. The molecular weight excluding hydrogens is 313 g/mol. The quantitative estimate of drug-likeness (QED) is 0.766. The molecular formula is C18H26FNO4. The maximum Gasteiger partial charge on any atom is 0.256 e. The maximum atomic E-state index is 14.0. The molecule has 1 heterocycles. The van der Waals surface area contributed by atoms with E-state index in [-0.39, 0.29) is 23.8 Å². The number of halogens is 1. The number of ether oxygens (including phenoxy) is 3. The summed E-state index contributed by atoms with van der Waals surface area (Å²) in [6.45, 7) is 6.63. The third-order valence-electron chi connectivity index (χ3n) is 4.07. The highest BCUT2D eigenvalue weighted by Crippen LogP contribution is 2.26. The number of nitrogens with zero attached hydrogens (tertiary/aromatic N) is 1. The van der Waals surface area contributed by atoms with Gasteiger partial charge in [0.2, 0.25) is 0 Å². The molecule has 0 aliphatic carbocycles. The number of benzene rings is 1. The fraction of sp³-hybridized carbons (Fsp3) is 0.611. The van der Waals surface area contributed by atoms with Crippen LogP contribution in [0, 0.1) is 5.82 Å². The Labute approximate surface area is 142 Å². The predicted molar refractivity (Wildman–Crippen MR) is 90.0 cm³/mol. The Morgan fingerprint density at radius 1 is 1.42 bits per heavy atom. The van der Waals surface area contributed by atoms with E-state index in [2.05, 4.69) is 0 Å². The van der Waals surface area contributed by atoms with Gasteiger partial charge in [-0.05, 0) is 45.7 Å². The molecule has 1 aromatic rings. The largest absolute Gasteiger partial charge is 0.494 e. The molecule has 0 N–H and O–H groups in total. The van der Waals surface area contributed by atoms with Crippen molar-refractivity contribution in [3.63, 3.8) is 0 Å². The minimum atomic E-state index is -0.623. The lowest BCUT2D eigenvalue weighted by Crippen LogP contribution is -2.44. The Hall–Kier alpha value is -1.66. The average Bonchev–Trinajstić information content (AvgIpc) is 3.06. The summed E-state index contributed by atoms with van der Waals surface area (Å²) >= 11 is 0. The van der Waals surface area contributed by atoms with Crippen LogP contribution in [0.3, 0.4) is 0 Å². The van der Waals surface area contributed by atoms with Gasteiger partial charge >= 0.3 is 0 Å². The van der Waals surface area contributed by atoms with Gasteiger partial charge in [-0.1, -0.05) is 0 Å². The summed E-state index contributed by atoms with van der Waals surface area (Å²) in [5, 5.41) is 0. The summed E-state index contributed by atoms with van der Waals surface area (Å²) in [5.74, 6) is -0.550. The lowest BCUT2D eigenvalue weighted by Gasteiger charge is -2.30. The lowest BCUT2D eigenvalue weighted by molar-refractivity contribution is -0.131. The van der Waals surface area contributed by atoms with E-state index in [4.69, 9.17) is 14.2 Å². The summed E-state index contributed by atoms with van der Waals surface area (Å²) in [6.07, 6.45) is 1.42. The second kappa shape index (κ2) is 8.44. The Bertz CT molecular complexity index is 558. The molecule has 1 aromatic carbocycles. The number of anilines is 1. The molecule has 1 saturated heterocycles. The van der Waals surface area contributed by atoms with E-state index in [1.54, 1.807) is 17.9 Å². The van der Waals surface area contributed by atoms with E-state index >= 15 is 0 Å². The van der Waals surface area contributed by atoms with Crippen molar-refractivity contribution < 1.29 is 23.4 Å². The first-order valence-corrected chi connectivity index (χ1v) is 8.33. The number of carbonyl (C=O) groups is 1. The molecule has 2 unspecified atom stereocenters. The van der Waals surface area contributed by atoms with Gasteiger partial charge in [-0.15, -0.1) is 0 Å². The number of methoxy groups -OCH3 is 1. The molecule has 0 saturated carbocycles. The number of hydrogen-bond donors (Lipinski definition) is 0. The Morgan fingerprint density at radius 3 is 2.71 bits per heavy atom. The van der Waals surface area contributed by atoms with Crippen LogP contribution in [0.15, 0.2) is 18.2 Å². The molecule has 0 spiro atoms. The first kappa shape index (κ1) is 18.7. The molecule has 1 fully saturated rings. The third-order valence-corrected chi connectivity index (χ3v) is 4.07. The van der Waals surface area contributed by atoms with Crippen molar-refractivity contribution in [2.24, 2.45) is 0 Å². The molecule has 0 bridgehead atoms. The van der Waals surface area contributed by atoms with Crippen molar-refractivity contribution in [3.05, 3.63) is 24.0 Å². The van der Waals surface area contributed by atoms with Crippen LogP contribution in [0.5, 0.6) is 5.75 Å². The number of hydrogen-bond acceptors (Lipinski definition) is 4. The summed E-state index contributed by atoms with van der Waals surface area (Å²) in [5.41, 5.74) is 0.487. The van der Waals surface area contributed by atoms with Crippen molar-refractivity contribution in [1.29, 1.82) is 0 Å². The molecule has 134 valence electrons. The van der Waals surface area contributed by atoms with E-state index < -0.39 is 11.9 Å². The molecule has 1 aliphatic rings. The van der Waals surface area contributed by atoms with Gasteiger partial charge < -0.3 is 19.1 Å². The predicted octanol–water partition coefficient (Wildman–Crippen LogP) is 3.16. The van der Waals surface area contributed by atoms with E-state index in [0.29, 0.717) is 12.3 Å². The minimum Gasteiger partial charge on any atom is -0.494 e. The first-order chi connectivity index (χ1) is 11.4. The second-order valence-corrected chi connectivity index (χ2v) is 6.23. The molecule has 2 atom stereocenters. The molecule has 5 nitrogen and oxygen atoms in total. The van der Waals surface area contributed by atoms with Gasteiger partial charge in [0.05, 0.1) is 19.8 Å². The second-order valence-electron chi connectivity index (χ2n) is 6.23. The van der Waals surface area contributed by atoms with Crippen LogP contribution >= 0.6 is 0 Å². The topological polar surface area (TPSA) is 48.0 Å². The molecule has 6 heteroatoms. The Morgan fingerprint density at radius 2 is 2.17 bits per heavy atom. The van der Waals surface area contributed by atoms with Crippen molar-refractivity contribution in [1.82, 2.24) is 0 Å². The molecule has 1 aliphatic heterocycles. The lowest BCUT2D eigenvalue weighted by atomic mass is 10.2.